The number of nitrogens with one attached hydrogen (secondary N) is 1. The molecule has 1 saturated heterocycles. The molecule has 0 aliphatic carbocycles. The zero-order valence-electron chi connectivity index (χ0n) is 19.8. The van der Waals surface area contributed by atoms with Crippen LogP contribution in [0.25, 0.3) is 10.9 Å². The predicted octanol–water partition coefficient (Wildman–Crippen LogP) is 4.26. The summed E-state index contributed by atoms with van der Waals surface area (Å²) in [7, 11) is 3.31. The monoisotopic (exact) mass is 447 g/mol. The molecule has 1 N–H and O–H groups in total. The van der Waals surface area contributed by atoms with E-state index in [4.69, 9.17) is 9.47 Å². The molecule has 0 atom stereocenters. The van der Waals surface area contributed by atoms with Crippen LogP contribution in [0.3, 0.4) is 0 Å². The number of carbonyl (C=O) groups is 1. The van der Waals surface area contributed by atoms with Gasteiger partial charge in [-0.2, -0.15) is 0 Å². The number of methoxy groups -OCH3 is 2. The van der Waals surface area contributed by atoms with Crippen LogP contribution in [0.5, 0.6) is 11.5 Å². The number of aromatic amines is 1. The summed E-state index contributed by atoms with van der Waals surface area (Å²) in [6, 6.07) is 12.7. The molecule has 5 rings (SSSR count). The van der Waals surface area contributed by atoms with E-state index in [1.165, 1.54) is 27.7 Å². The lowest BCUT2D eigenvalue weighted by Gasteiger charge is -2.35. The van der Waals surface area contributed by atoms with Crippen molar-refractivity contribution in [3.8, 4) is 11.5 Å². The van der Waals surface area contributed by atoms with Crippen molar-refractivity contribution in [1.29, 1.82) is 0 Å². The number of para-hydroxylation sites is 1. The number of nitrogens with zero attached hydrogens (tertiary/aromatic N) is 2. The molecule has 0 spiro atoms. The second-order valence-corrected chi connectivity index (χ2v) is 9.30. The summed E-state index contributed by atoms with van der Waals surface area (Å²) in [6.45, 7) is 6.01. The first-order valence-corrected chi connectivity index (χ1v) is 11.9. The zero-order chi connectivity index (χ0) is 22.9. The van der Waals surface area contributed by atoms with Gasteiger partial charge >= 0.3 is 0 Å². The van der Waals surface area contributed by atoms with Crippen LogP contribution in [0.4, 0.5) is 0 Å². The highest BCUT2D eigenvalue weighted by atomic mass is 16.5. The molecule has 0 unspecified atom stereocenters. The van der Waals surface area contributed by atoms with Gasteiger partial charge in [0.25, 0.3) is 0 Å². The number of hydrogen-bond acceptors (Lipinski definition) is 4. The van der Waals surface area contributed by atoms with Gasteiger partial charge in [0.2, 0.25) is 5.91 Å². The van der Waals surface area contributed by atoms with Gasteiger partial charge in [-0.3, -0.25) is 9.69 Å². The minimum absolute atomic E-state index is 0.220. The quantitative estimate of drug-likeness (QED) is 0.635. The van der Waals surface area contributed by atoms with Gasteiger partial charge < -0.3 is 19.4 Å². The molecule has 174 valence electrons. The number of fused-ring (bicyclic) bond motifs is 2. The zero-order valence-corrected chi connectivity index (χ0v) is 19.8. The van der Waals surface area contributed by atoms with E-state index < -0.39 is 0 Å². The lowest BCUT2D eigenvalue weighted by molar-refractivity contribution is -0.133. The Labute approximate surface area is 195 Å². The lowest BCUT2D eigenvalue weighted by atomic mass is 9.87. The number of carbonyl (C=O) groups excluding carboxylic acids is 1. The molecule has 1 fully saturated rings. The summed E-state index contributed by atoms with van der Waals surface area (Å²) >= 11 is 0. The maximum atomic E-state index is 13.1. The number of aromatic nitrogens is 1. The fraction of sp³-hybridized carbons (Fsp3) is 0.444. The van der Waals surface area contributed by atoms with Crippen LogP contribution in [0.1, 0.15) is 41.1 Å². The number of H-pyrrole nitrogens is 1. The average Bonchev–Trinajstić information content (AvgIpc) is 3.18. The number of aryl methyl sites for hydroxylation is 1. The first-order chi connectivity index (χ1) is 16.1. The highest BCUT2D eigenvalue weighted by Gasteiger charge is 2.28. The van der Waals surface area contributed by atoms with Crippen LogP contribution in [-0.4, -0.2) is 61.1 Å². The summed E-state index contributed by atoms with van der Waals surface area (Å²) < 4.78 is 10.9. The highest BCUT2D eigenvalue weighted by Crippen LogP contribution is 2.36. The second-order valence-electron chi connectivity index (χ2n) is 9.30. The Balaban J connectivity index is 1.20. The number of ether oxygens (including phenoxy) is 2. The molecule has 0 bridgehead atoms. The number of piperidine rings is 1. The van der Waals surface area contributed by atoms with Crippen molar-refractivity contribution in [2.75, 3.05) is 40.4 Å². The summed E-state index contributed by atoms with van der Waals surface area (Å²) in [5.74, 6) is 2.25. The van der Waals surface area contributed by atoms with Gasteiger partial charge in [-0.1, -0.05) is 18.2 Å². The molecule has 3 aromatic rings. The van der Waals surface area contributed by atoms with Gasteiger partial charge in [0.15, 0.2) is 11.5 Å². The molecule has 1 amide bonds. The van der Waals surface area contributed by atoms with E-state index in [2.05, 4.69) is 41.1 Å². The van der Waals surface area contributed by atoms with E-state index >= 15 is 0 Å². The van der Waals surface area contributed by atoms with Crippen molar-refractivity contribution in [3.05, 3.63) is 58.8 Å². The Morgan fingerprint density at radius 1 is 1.03 bits per heavy atom. The second kappa shape index (κ2) is 9.10. The molecule has 3 heterocycles. The lowest BCUT2D eigenvalue weighted by Crippen LogP contribution is -2.44. The smallest absolute Gasteiger partial charge is 0.237 e. The maximum absolute atomic E-state index is 13.1. The minimum Gasteiger partial charge on any atom is -0.493 e. The Kier molecular flexibility index (Phi) is 6.02. The molecule has 33 heavy (non-hydrogen) atoms. The molecule has 2 aromatic carbocycles. The fourth-order valence-corrected chi connectivity index (χ4v) is 5.59. The van der Waals surface area contributed by atoms with Crippen LogP contribution < -0.4 is 9.47 Å². The van der Waals surface area contributed by atoms with E-state index in [1.807, 2.05) is 17.0 Å². The van der Waals surface area contributed by atoms with Crippen molar-refractivity contribution < 1.29 is 14.3 Å². The van der Waals surface area contributed by atoms with Gasteiger partial charge in [0, 0.05) is 29.7 Å². The summed E-state index contributed by atoms with van der Waals surface area (Å²) in [5, 5.41) is 1.35. The van der Waals surface area contributed by atoms with Crippen molar-refractivity contribution in [3.63, 3.8) is 0 Å². The van der Waals surface area contributed by atoms with E-state index in [-0.39, 0.29) is 5.91 Å². The number of rotatable bonds is 5. The SMILES string of the molecule is COc1cc2c(cc1OC)CN(C(=O)CN1CCC(c3c(C)[nH]c4ccccc34)CC1)CC2. The Morgan fingerprint density at radius 2 is 1.73 bits per heavy atom. The van der Waals surface area contributed by atoms with Crippen molar-refractivity contribution in [2.45, 2.75) is 38.6 Å². The van der Waals surface area contributed by atoms with Gasteiger partial charge in [-0.25, -0.2) is 0 Å². The average molecular weight is 448 g/mol. The van der Waals surface area contributed by atoms with Crippen LogP contribution in [-0.2, 0) is 17.8 Å². The first kappa shape index (κ1) is 21.8. The van der Waals surface area contributed by atoms with Gasteiger partial charge in [-0.05, 0) is 80.1 Å². The van der Waals surface area contributed by atoms with Gasteiger partial charge in [0.1, 0.15) is 0 Å². The third-order valence-electron chi connectivity index (χ3n) is 7.37. The number of benzene rings is 2. The number of likely N-dealkylation sites (tertiary alicyclic amines) is 1. The first-order valence-electron chi connectivity index (χ1n) is 11.9. The summed E-state index contributed by atoms with van der Waals surface area (Å²) in [6.07, 6.45) is 3.04. The van der Waals surface area contributed by atoms with Gasteiger partial charge in [-0.15, -0.1) is 0 Å². The van der Waals surface area contributed by atoms with Crippen LogP contribution in [0.2, 0.25) is 0 Å². The van der Waals surface area contributed by atoms with Crippen LogP contribution >= 0.6 is 0 Å². The predicted molar refractivity (Wildman–Crippen MR) is 130 cm³/mol. The van der Waals surface area contributed by atoms with Crippen molar-refractivity contribution in [2.24, 2.45) is 0 Å². The molecule has 1 aromatic heterocycles. The normalized spacial score (nSPS) is 17.2. The van der Waals surface area contributed by atoms with E-state index in [1.54, 1.807) is 14.2 Å². The summed E-state index contributed by atoms with van der Waals surface area (Å²) in [5.41, 5.74) is 6.37. The molecule has 6 heteroatoms. The Morgan fingerprint density at radius 3 is 2.45 bits per heavy atom. The fourth-order valence-electron chi connectivity index (χ4n) is 5.59. The Hall–Kier alpha value is -2.99. The standard InChI is InChI=1S/C27H33N3O3/c1-18-27(22-6-4-5-7-23(22)28-18)19-8-11-29(12-9-19)17-26(31)30-13-10-20-14-24(32-2)25(33-3)15-21(20)16-30/h4-7,14-15,19,28H,8-13,16-17H2,1-3H3. The molecular weight excluding hydrogens is 414 g/mol. The van der Waals surface area contributed by atoms with Crippen molar-refractivity contribution in [1.82, 2.24) is 14.8 Å². The third-order valence-corrected chi connectivity index (χ3v) is 7.37. The molecule has 6 nitrogen and oxygen atoms in total. The maximum Gasteiger partial charge on any atom is 0.237 e. The number of hydrogen-bond donors (Lipinski definition) is 1. The summed E-state index contributed by atoms with van der Waals surface area (Å²) in [4.78, 5) is 21.0. The van der Waals surface area contributed by atoms with Gasteiger partial charge in [0.05, 0.1) is 20.8 Å². The molecule has 0 radical (unpaired) electrons. The van der Waals surface area contributed by atoms with Crippen LogP contribution in [0.15, 0.2) is 36.4 Å². The van der Waals surface area contributed by atoms with E-state index in [0.29, 0.717) is 19.0 Å². The Bertz CT molecular complexity index is 1160. The third kappa shape index (κ3) is 4.20. The van der Waals surface area contributed by atoms with Crippen molar-refractivity contribution >= 4 is 16.8 Å². The van der Waals surface area contributed by atoms with E-state index in [0.717, 1.165) is 56.0 Å². The van der Waals surface area contributed by atoms with E-state index in [9.17, 15) is 4.79 Å². The minimum atomic E-state index is 0.220. The largest absolute Gasteiger partial charge is 0.493 e. The molecule has 0 saturated carbocycles. The molecular formula is C27H33N3O3. The topological polar surface area (TPSA) is 57.8 Å². The molecule has 2 aliphatic heterocycles. The van der Waals surface area contributed by atoms with Crippen LogP contribution in [0, 0.1) is 6.92 Å². The molecule has 2 aliphatic rings. The number of amides is 1. The highest BCUT2D eigenvalue weighted by molar-refractivity contribution is 5.85.